The first-order valence-corrected chi connectivity index (χ1v) is 6.90. The van der Waals surface area contributed by atoms with Crippen molar-refractivity contribution in [1.82, 2.24) is 20.2 Å². The minimum absolute atomic E-state index is 0.0916. The Bertz CT molecular complexity index is 694. The summed E-state index contributed by atoms with van der Waals surface area (Å²) in [7, 11) is 0. The predicted octanol–water partition coefficient (Wildman–Crippen LogP) is 0.640. The number of nitrogen functional groups attached to an aromatic ring is 1. The number of thioether (sulfide) groups is 1. The standard InChI is InChI=1S/C13H12FN5OS/c1-2-7-16-11(20)8-21-13-18-17-12(19(13)15)9-5-3-4-6-10(9)14/h1,3-6H,7-8,15H2,(H,16,20). The van der Waals surface area contributed by atoms with Crippen molar-refractivity contribution in [2.24, 2.45) is 0 Å². The van der Waals surface area contributed by atoms with Gasteiger partial charge < -0.3 is 11.2 Å². The molecular formula is C13H12FN5OS. The minimum Gasteiger partial charge on any atom is -0.344 e. The topological polar surface area (TPSA) is 85.8 Å². The summed E-state index contributed by atoms with van der Waals surface area (Å²) in [6.45, 7) is 0.162. The monoisotopic (exact) mass is 305 g/mol. The fourth-order valence-electron chi connectivity index (χ4n) is 1.53. The Hall–Kier alpha value is -2.53. The third-order valence-corrected chi connectivity index (χ3v) is 3.44. The summed E-state index contributed by atoms with van der Waals surface area (Å²) in [4.78, 5) is 11.4. The van der Waals surface area contributed by atoms with Crippen LogP contribution in [0.4, 0.5) is 4.39 Å². The molecule has 1 aromatic carbocycles. The molecule has 8 heteroatoms. The fourth-order valence-corrected chi connectivity index (χ4v) is 2.22. The average Bonchev–Trinajstić information content (AvgIpc) is 2.84. The van der Waals surface area contributed by atoms with Crippen LogP contribution in [0.1, 0.15) is 0 Å². The molecule has 0 aliphatic rings. The third kappa shape index (κ3) is 3.52. The second-order valence-corrected chi connectivity index (χ2v) is 4.87. The molecule has 0 aliphatic heterocycles. The minimum atomic E-state index is -0.445. The highest BCUT2D eigenvalue weighted by Gasteiger charge is 2.15. The number of carbonyl (C=O) groups is 1. The molecule has 1 heterocycles. The number of nitrogens with one attached hydrogen (secondary N) is 1. The van der Waals surface area contributed by atoms with Crippen LogP contribution in [0, 0.1) is 18.2 Å². The first-order valence-electron chi connectivity index (χ1n) is 5.92. The molecule has 0 fully saturated rings. The molecule has 0 saturated heterocycles. The number of halogens is 1. The lowest BCUT2D eigenvalue weighted by atomic mass is 10.2. The van der Waals surface area contributed by atoms with Crippen LogP contribution in [0.3, 0.4) is 0 Å². The highest BCUT2D eigenvalue weighted by molar-refractivity contribution is 7.99. The molecule has 2 rings (SSSR count). The van der Waals surface area contributed by atoms with Crippen LogP contribution in [0.2, 0.25) is 0 Å². The zero-order valence-electron chi connectivity index (χ0n) is 10.9. The molecule has 0 atom stereocenters. The first kappa shape index (κ1) is 14.9. The van der Waals surface area contributed by atoms with Gasteiger partial charge in [0.15, 0.2) is 5.82 Å². The molecule has 0 spiro atoms. The Balaban J connectivity index is 2.10. The van der Waals surface area contributed by atoms with Crippen LogP contribution < -0.4 is 11.2 Å². The van der Waals surface area contributed by atoms with E-state index in [9.17, 15) is 9.18 Å². The van der Waals surface area contributed by atoms with E-state index in [4.69, 9.17) is 12.3 Å². The van der Waals surface area contributed by atoms with Gasteiger partial charge in [-0.1, -0.05) is 29.8 Å². The van der Waals surface area contributed by atoms with E-state index in [0.717, 1.165) is 16.4 Å². The molecular weight excluding hydrogens is 293 g/mol. The maximum absolute atomic E-state index is 13.7. The lowest BCUT2D eigenvalue weighted by Gasteiger charge is -2.04. The Morgan fingerprint density at radius 2 is 2.24 bits per heavy atom. The number of terminal acetylenes is 1. The van der Waals surface area contributed by atoms with Crippen LogP contribution in [0.15, 0.2) is 29.4 Å². The van der Waals surface area contributed by atoms with Gasteiger partial charge in [0.2, 0.25) is 11.1 Å². The van der Waals surface area contributed by atoms with Crippen LogP contribution in [-0.4, -0.2) is 33.1 Å². The number of hydrogen-bond donors (Lipinski definition) is 2. The summed E-state index contributed by atoms with van der Waals surface area (Å²) >= 11 is 1.09. The van der Waals surface area contributed by atoms with Gasteiger partial charge in [-0.3, -0.25) is 4.79 Å². The molecule has 0 radical (unpaired) electrons. The van der Waals surface area contributed by atoms with Gasteiger partial charge >= 0.3 is 0 Å². The largest absolute Gasteiger partial charge is 0.344 e. The molecule has 1 aromatic heterocycles. The van der Waals surface area contributed by atoms with Crippen molar-refractivity contribution >= 4 is 17.7 Å². The highest BCUT2D eigenvalue weighted by atomic mass is 32.2. The summed E-state index contributed by atoms with van der Waals surface area (Å²) in [6.07, 6.45) is 5.04. The second kappa shape index (κ2) is 6.76. The summed E-state index contributed by atoms with van der Waals surface area (Å²) in [6, 6.07) is 6.11. The van der Waals surface area contributed by atoms with Gasteiger partial charge in [-0.05, 0) is 12.1 Å². The summed E-state index contributed by atoms with van der Waals surface area (Å²) in [5.74, 6) is 7.73. The number of carbonyl (C=O) groups excluding carboxylic acids is 1. The summed E-state index contributed by atoms with van der Waals surface area (Å²) in [5, 5.41) is 10.5. The Morgan fingerprint density at radius 1 is 1.48 bits per heavy atom. The third-order valence-electron chi connectivity index (χ3n) is 2.50. The first-order chi connectivity index (χ1) is 10.1. The molecule has 108 valence electrons. The maximum atomic E-state index is 13.7. The number of aromatic nitrogens is 3. The summed E-state index contributed by atoms with van der Waals surface area (Å²) in [5.41, 5.74) is 0.246. The van der Waals surface area contributed by atoms with Gasteiger partial charge in [0.25, 0.3) is 0 Å². The van der Waals surface area contributed by atoms with Gasteiger partial charge in [0.1, 0.15) is 5.82 Å². The van der Waals surface area contributed by atoms with Crippen LogP contribution >= 0.6 is 11.8 Å². The van der Waals surface area contributed by atoms with E-state index < -0.39 is 5.82 Å². The number of amides is 1. The molecule has 6 nitrogen and oxygen atoms in total. The molecule has 0 bridgehead atoms. The van der Waals surface area contributed by atoms with E-state index in [1.165, 1.54) is 6.07 Å². The molecule has 2 aromatic rings. The van der Waals surface area contributed by atoms with Gasteiger partial charge in [-0.25, -0.2) is 9.07 Å². The lowest BCUT2D eigenvalue weighted by Crippen LogP contribution is -2.25. The molecule has 3 N–H and O–H groups in total. The number of nitrogens with two attached hydrogens (primary N) is 1. The van der Waals surface area contributed by atoms with Gasteiger partial charge in [0, 0.05) is 0 Å². The van der Waals surface area contributed by atoms with Gasteiger partial charge in [0.05, 0.1) is 17.9 Å². The Kier molecular flexibility index (Phi) is 4.79. The number of rotatable bonds is 5. The molecule has 0 unspecified atom stereocenters. The lowest BCUT2D eigenvalue weighted by molar-refractivity contribution is -0.118. The van der Waals surface area contributed by atoms with E-state index in [0.29, 0.717) is 5.16 Å². The fraction of sp³-hybridized carbons (Fsp3) is 0.154. The smallest absolute Gasteiger partial charge is 0.231 e. The van der Waals surface area contributed by atoms with Gasteiger partial charge in [-0.15, -0.1) is 16.6 Å². The van der Waals surface area contributed by atoms with E-state index in [1.807, 2.05) is 0 Å². The van der Waals surface area contributed by atoms with Crippen molar-refractivity contribution in [2.45, 2.75) is 5.16 Å². The molecule has 21 heavy (non-hydrogen) atoms. The van der Waals surface area contributed by atoms with Crippen molar-refractivity contribution in [2.75, 3.05) is 18.1 Å². The van der Waals surface area contributed by atoms with E-state index >= 15 is 0 Å². The molecule has 0 saturated carbocycles. The van der Waals surface area contributed by atoms with Crippen molar-refractivity contribution < 1.29 is 9.18 Å². The van der Waals surface area contributed by atoms with Crippen LogP contribution in [0.25, 0.3) is 11.4 Å². The van der Waals surface area contributed by atoms with E-state index in [2.05, 4.69) is 21.4 Å². The van der Waals surface area contributed by atoms with E-state index in [1.54, 1.807) is 18.2 Å². The van der Waals surface area contributed by atoms with E-state index in [-0.39, 0.29) is 29.6 Å². The second-order valence-electron chi connectivity index (χ2n) is 3.93. The van der Waals surface area contributed by atoms with Crippen molar-refractivity contribution in [3.8, 4) is 23.7 Å². The Morgan fingerprint density at radius 3 is 2.95 bits per heavy atom. The zero-order valence-corrected chi connectivity index (χ0v) is 11.7. The molecule has 0 aliphatic carbocycles. The number of hydrogen-bond acceptors (Lipinski definition) is 5. The van der Waals surface area contributed by atoms with Crippen LogP contribution in [-0.2, 0) is 4.79 Å². The Labute approximate surface area is 124 Å². The number of benzene rings is 1. The maximum Gasteiger partial charge on any atom is 0.231 e. The normalized spacial score (nSPS) is 10.1. The predicted molar refractivity (Wildman–Crippen MR) is 78.1 cm³/mol. The highest BCUT2D eigenvalue weighted by Crippen LogP contribution is 2.23. The van der Waals surface area contributed by atoms with Crippen molar-refractivity contribution in [3.05, 3.63) is 30.1 Å². The van der Waals surface area contributed by atoms with Crippen LogP contribution in [0.5, 0.6) is 0 Å². The SMILES string of the molecule is C#CCNC(=O)CSc1nnc(-c2ccccc2F)n1N. The average molecular weight is 305 g/mol. The van der Waals surface area contributed by atoms with Crippen molar-refractivity contribution in [3.63, 3.8) is 0 Å². The number of nitrogens with zero attached hydrogens (tertiary/aromatic N) is 3. The van der Waals surface area contributed by atoms with Gasteiger partial charge in [-0.2, -0.15) is 0 Å². The van der Waals surface area contributed by atoms with Crippen molar-refractivity contribution in [1.29, 1.82) is 0 Å². The quantitative estimate of drug-likeness (QED) is 0.481. The molecule has 1 amide bonds. The zero-order chi connectivity index (χ0) is 15.2. The summed E-state index contributed by atoms with van der Waals surface area (Å²) < 4.78 is 14.8.